The lowest BCUT2D eigenvalue weighted by Gasteiger charge is -2.14. The predicted octanol–water partition coefficient (Wildman–Crippen LogP) is 3.40. The van der Waals surface area contributed by atoms with Gasteiger partial charge in [0.2, 0.25) is 10.0 Å². The Morgan fingerprint density at radius 1 is 1.15 bits per heavy atom. The van der Waals surface area contributed by atoms with Gasteiger partial charge in [-0.2, -0.15) is 0 Å². The maximum absolute atomic E-state index is 12.0. The van der Waals surface area contributed by atoms with Crippen LogP contribution in [0.2, 0.25) is 10.0 Å². The van der Waals surface area contributed by atoms with Crippen molar-refractivity contribution in [3.05, 3.63) is 58.1 Å². The summed E-state index contributed by atoms with van der Waals surface area (Å²) in [6.07, 6.45) is 1.15. The molecular weight excluding hydrogens is 399 g/mol. The van der Waals surface area contributed by atoms with Crippen molar-refractivity contribution in [1.82, 2.24) is 4.31 Å². The van der Waals surface area contributed by atoms with Gasteiger partial charge in [-0.3, -0.25) is 4.79 Å². The number of ether oxygens (including phenoxy) is 1. The van der Waals surface area contributed by atoms with Gasteiger partial charge in [0.1, 0.15) is 5.75 Å². The Morgan fingerprint density at radius 2 is 1.81 bits per heavy atom. The molecule has 0 aromatic heterocycles. The van der Waals surface area contributed by atoms with E-state index in [2.05, 4.69) is 5.32 Å². The van der Waals surface area contributed by atoms with Gasteiger partial charge in [-0.25, -0.2) is 12.7 Å². The number of nitrogens with zero attached hydrogens (tertiary/aromatic N) is 1. The SMILES string of the molecule is CN(Cc1ccc(OCC(=O)Nc2cc(Cl)ccc2Cl)cc1)S(C)(=O)=O. The summed E-state index contributed by atoms with van der Waals surface area (Å²) < 4.78 is 29.5. The Balaban J connectivity index is 1.89. The lowest BCUT2D eigenvalue weighted by Crippen LogP contribution is -2.24. The van der Waals surface area contributed by atoms with Crippen LogP contribution in [0.3, 0.4) is 0 Å². The van der Waals surface area contributed by atoms with Gasteiger partial charge in [-0.15, -0.1) is 0 Å². The molecule has 0 aliphatic heterocycles. The van der Waals surface area contributed by atoms with Crippen LogP contribution in [0.25, 0.3) is 0 Å². The van der Waals surface area contributed by atoms with E-state index in [9.17, 15) is 13.2 Å². The number of hydrogen-bond acceptors (Lipinski definition) is 4. The lowest BCUT2D eigenvalue weighted by molar-refractivity contribution is -0.118. The van der Waals surface area contributed by atoms with E-state index in [1.165, 1.54) is 11.4 Å². The smallest absolute Gasteiger partial charge is 0.262 e. The fraction of sp³-hybridized carbons (Fsp3) is 0.235. The van der Waals surface area contributed by atoms with E-state index in [4.69, 9.17) is 27.9 Å². The molecule has 0 unspecified atom stereocenters. The quantitative estimate of drug-likeness (QED) is 0.749. The number of carbonyl (C=O) groups excluding carboxylic acids is 1. The maximum Gasteiger partial charge on any atom is 0.262 e. The second-order valence-corrected chi connectivity index (χ2v) is 8.56. The first-order valence-electron chi connectivity index (χ1n) is 7.53. The topological polar surface area (TPSA) is 75.7 Å². The molecule has 1 amide bonds. The van der Waals surface area contributed by atoms with Crippen molar-refractivity contribution in [3.63, 3.8) is 0 Å². The first-order valence-corrected chi connectivity index (χ1v) is 10.1. The number of hydrogen-bond donors (Lipinski definition) is 1. The molecule has 0 heterocycles. The number of nitrogens with one attached hydrogen (secondary N) is 1. The molecule has 0 radical (unpaired) electrons. The predicted molar refractivity (Wildman–Crippen MR) is 103 cm³/mol. The highest BCUT2D eigenvalue weighted by Crippen LogP contribution is 2.25. The highest BCUT2D eigenvalue weighted by atomic mass is 35.5. The summed E-state index contributed by atoms with van der Waals surface area (Å²) in [6, 6.07) is 11.6. The van der Waals surface area contributed by atoms with Gasteiger partial charge < -0.3 is 10.1 Å². The van der Waals surface area contributed by atoms with E-state index in [1.807, 2.05) is 0 Å². The van der Waals surface area contributed by atoms with Crippen molar-refractivity contribution in [2.24, 2.45) is 0 Å². The Bertz CT molecular complexity index is 886. The third-order valence-corrected chi connectivity index (χ3v) is 5.29. The summed E-state index contributed by atoms with van der Waals surface area (Å²) in [7, 11) is -1.74. The van der Waals surface area contributed by atoms with Crippen molar-refractivity contribution in [3.8, 4) is 5.75 Å². The van der Waals surface area contributed by atoms with Crippen LogP contribution >= 0.6 is 23.2 Å². The van der Waals surface area contributed by atoms with E-state index in [0.717, 1.165) is 11.8 Å². The number of amides is 1. The fourth-order valence-electron chi connectivity index (χ4n) is 1.99. The van der Waals surface area contributed by atoms with Crippen molar-refractivity contribution in [2.45, 2.75) is 6.54 Å². The standard InChI is InChI=1S/C17H18Cl2N2O4S/c1-21(26(2,23)24)10-12-3-6-14(7-4-12)25-11-17(22)20-16-9-13(18)5-8-15(16)19/h3-9H,10-11H2,1-2H3,(H,20,22). The minimum Gasteiger partial charge on any atom is -0.484 e. The second kappa shape index (κ2) is 8.73. The Kier molecular flexibility index (Phi) is 6.88. The summed E-state index contributed by atoms with van der Waals surface area (Å²) in [5.74, 6) is 0.109. The third-order valence-electron chi connectivity index (χ3n) is 3.47. The first-order chi connectivity index (χ1) is 12.1. The molecule has 0 aliphatic carbocycles. The number of anilines is 1. The number of halogens is 2. The zero-order chi connectivity index (χ0) is 19.3. The minimum absolute atomic E-state index is 0.203. The zero-order valence-corrected chi connectivity index (χ0v) is 16.5. The Hall–Kier alpha value is -1.80. The average Bonchev–Trinajstić information content (AvgIpc) is 2.56. The van der Waals surface area contributed by atoms with Gasteiger partial charge in [0.15, 0.2) is 6.61 Å². The molecule has 2 aromatic carbocycles. The molecule has 0 saturated heterocycles. The molecule has 9 heteroatoms. The Morgan fingerprint density at radius 3 is 2.42 bits per heavy atom. The normalized spacial score (nSPS) is 11.4. The molecule has 26 heavy (non-hydrogen) atoms. The van der Waals surface area contributed by atoms with Crippen LogP contribution in [-0.4, -0.2) is 38.5 Å². The highest BCUT2D eigenvalue weighted by Gasteiger charge is 2.11. The molecule has 0 aliphatic rings. The largest absolute Gasteiger partial charge is 0.484 e. The van der Waals surface area contributed by atoms with Crippen LogP contribution < -0.4 is 10.1 Å². The molecule has 6 nitrogen and oxygen atoms in total. The minimum atomic E-state index is -3.24. The average molecular weight is 417 g/mol. The van der Waals surface area contributed by atoms with Crippen molar-refractivity contribution in [2.75, 3.05) is 25.2 Å². The fourth-order valence-corrected chi connectivity index (χ4v) is 2.71. The first kappa shape index (κ1) is 20.5. The molecule has 2 aromatic rings. The van der Waals surface area contributed by atoms with Crippen LogP contribution in [0, 0.1) is 0 Å². The molecule has 0 atom stereocenters. The number of rotatable bonds is 7. The number of benzene rings is 2. The van der Waals surface area contributed by atoms with Gasteiger partial charge in [0.05, 0.1) is 17.0 Å². The summed E-state index contributed by atoms with van der Waals surface area (Å²) in [5.41, 5.74) is 1.22. The third kappa shape index (κ3) is 6.17. The van der Waals surface area contributed by atoms with E-state index in [1.54, 1.807) is 42.5 Å². The zero-order valence-electron chi connectivity index (χ0n) is 14.2. The van der Waals surface area contributed by atoms with Crippen LogP contribution in [0.4, 0.5) is 5.69 Å². The molecule has 0 fully saturated rings. The van der Waals surface area contributed by atoms with Crippen LogP contribution in [0.5, 0.6) is 5.75 Å². The summed E-state index contributed by atoms with van der Waals surface area (Å²) in [4.78, 5) is 12.0. The highest BCUT2D eigenvalue weighted by molar-refractivity contribution is 7.88. The Labute approximate surface area is 162 Å². The number of carbonyl (C=O) groups is 1. The summed E-state index contributed by atoms with van der Waals surface area (Å²) >= 11 is 11.9. The van der Waals surface area contributed by atoms with Crippen molar-refractivity contribution >= 4 is 44.8 Å². The van der Waals surface area contributed by atoms with Gasteiger partial charge in [-0.05, 0) is 35.9 Å². The summed E-state index contributed by atoms with van der Waals surface area (Å²) in [5, 5.41) is 3.46. The lowest BCUT2D eigenvalue weighted by atomic mass is 10.2. The molecule has 0 spiro atoms. The monoisotopic (exact) mass is 416 g/mol. The van der Waals surface area contributed by atoms with Gasteiger partial charge in [0.25, 0.3) is 5.91 Å². The van der Waals surface area contributed by atoms with E-state index >= 15 is 0 Å². The van der Waals surface area contributed by atoms with Gasteiger partial charge >= 0.3 is 0 Å². The molecule has 0 bridgehead atoms. The molecule has 140 valence electrons. The van der Waals surface area contributed by atoms with Crippen LogP contribution in [0.1, 0.15) is 5.56 Å². The van der Waals surface area contributed by atoms with Crippen molar-refractivity contribution < 1.29 is 17.9 Å². The van der Waals surface area contributed by atoms with Gasteiger partial charge in [0, 0.05) is 18.6 Å². The van der Waals surface area contributed by atoms with E-state index in [-0.39, 0.29) is 19.1 Å². The molecular formula is C17H18Cl2N2O4S. The molecule has 2 rings (SSSR count). The molecule has 1 N–H and O–H groups in total. The maximum atomic E-state index is 12.0. The molecule has 0 saturated carbocycles. The summed E-state index contributed by atoms with van der Waals surface area (Å²) in [6.45, 7) is 0.0539. The van der Waals surface area contributed by atoms with E-state index in [0.29, 0.717) is 21.5 Å². The van der Waals surface area contributed by atoms with Crippen LogP contribution in [0.15, 0.2) is 42.5 Å². The van der Waals surface area contributed by atoms with Gasteiger partial charge in [-0.1, -0.05) is 35.3 Å². The van der Waals surface area contributed by atoms with Crippen molar-refractivity contribution in [1.29, 1.82) is 0 Å². The second-order valence-electron chi connectivity index (χ2n) is 5.62. The van der Waals surface area contributed by atoms with Crippen LogP contribution in [-0.2, 0) is 21.4 Å². The number of sulfonamides is 1. The van der Waals surface area contributed by atoms with E-state index < -0.39 is 10.0 Å².